The summed E-state index contributed by atoms with van der Waals surface area (Å²) in [7, 11) is 0. The maximum Gasteiger partial charge on any atom is 0.155 e. The topological polar surface area (TPSA) is 20.2 Å². The summed E-state index contributed by atoms with van der Waals surface area (Å²) >= 11 is 25.2. The minimum atomic E-state index is -0.277. The van der Waals surface area contributed by atoms with E-state index in [0.29, 0.717) is 4.90 Å². The zero-order valence-electron chi connectivity index (χ0n) is 8.94. The first-order valence-electron chi connectivity index (χ1n) is 4.79. The van der Waals surface area contributed by atoms with Crippen LogP contribution in [0.2, 0.25) is 20.1 Å². The SMILES string of the molecule is CC=CCCSc1c(Cl)c(Cl)c(O)c(Cl)c1Cl. The van der Waals surface area contributed by atoms with Crippen LogP contribution in [0, 0.1) is 0 Å². The van der Waals surface area contributed by atoms with Crippen molar-refractivity contribution >= 4 is 58.2 Å². The van der Waals surface area contributed by atoms with Crippen molar-refractivity contribution < 1.29 is 5.11 Å². The summed E-state index contributed by atoms with van der Waals surface area (Å²) in [6.07, 6.45) is 4.91. The van der Waals surface area contributed by atoms with Gasteiger partial charge in [-0.3, -0.25) is 0 Å². The zero-order valence-corrected chi connectivity index (χ0v) is 12.8. The third kappa shape index (κ3) is 3.62. The summed E-state index contributed by atoms with van der Waals surface area (Å²) in [4.78, 5) is 0.602. The van der Waals surface area contributed by atoms with Gasteiger partial charge in [0.15, 0.2) is 5.75 Å². The highest BCUT2D eigenvalue weighted by atomic mass is 35.5. The smallest absolute Gasteiger partial charge is 0.155 e. The van der Waals surface area contributed by atoms with Crippen LogP contribution in [0.1, 0.15) is 13.3 Å². The van der Waals surface area contributed by atoms with Crippen molar-refractivity contribution in [2.45, 2.75) is 18.2 Å². The lowest BCUT2D eigenvalue weighted by Gasteiger charge is -2.11. The van der Waals surface area contributed by atoms with E-state index < -0.39 is 0 Å². The van der Waals surface area contributed by atoms with Gasteiger partial charge in [0.2, 0.25) is 0 Å². The van der Waals surface area contributed by atoms with Crippen LogP contribution >= 0.6 is 58.2 Å². The predicted octanol–water partition coefficient (Wildman–Crippen LogP) is 6.06. The minimum Gasteiger partial charge on any atom is -0.505 e. The van der Waals surface area contributed by atoms with Crippen LogP contribution < -0.4 is 0 Å². The Morgan fingerprint density at radius 3 is 2.06 bits per heavy atom. The van der Waals surface area contributed by atoms with Gasteiger partial charge in [-0.15, -0.1) is 11.8 Å². The average molecular weight is 332 g/mol. The van der Waals surface area contributed by atoms with Crippen LogP contribution in [0.25, 0.3) is 0 Å². The van der Waals surface area contributed by atoms with Crippen LogP contribution in [-0.2, 0) is 0 Å². The first kappa shape index (κ1) is 15.3. The van der Waals surface area contributed by atoms with Crippen molar-refractivity contribution in [3.8, 4) is 5.75 Å². The molecule has 0 atom stereocenters. The van der Waals surface area contributed by atoms with Crippen molar-refractivity contribution in [3.05, 3.63) is 32.2 Å². The molecule has 0 aliphatic carbocycles. The Morgan fingerprint density at radius 1 is 1.06 bits per heavy atom. The molecular formula is C11H10Cl4OS. The minimum absolute atomic E-state index is 0.0367. The van der Waals surface area contributed by atoms with Gasteiger partial charge >= 0.3 is 0 Å². The molecule has 0 radical (unpaired) electrons. The second-order valence-corrected chi connectivity index (χ2v) is 5.76. The highest BCUT2D eigenvalue weighted by Gasteiger charge is 2.19. The van der Waals surface area contributed by atoms with Gasteiger partial charge in [0, 0.05) is 10.6 Å². The van der Waals surface area contributed by atoms with Crippen molar-refractivity contribution in [3.63, 3.8) is 0 Å². The highest BCUT2D eigenvalue weighted by Crippen LogP contribution is 2.48. The summed E-state index contributed by atoms with van der Waals surface area (Å²) in [5, 5.41) is 10.1. The Morgan fingerprint density at radius 2 is 1.59 bits per heavy atom. The molecule has 94 valence electrons. The van der Waals surface area contributed by atoms with Gasteiger partial charge in [-0.1, -0.05) is 58.6 Å². The Labute approximate surface area is 125 Å². The van der Waals surface area contributed by atoms with E-state index in [9.17, 15) is 5.11 Å². The van der Waals surface area contributed by atoms with E-state index in [0.717, 1.165) is 12.2 Å². The Balaban J connectivity index is 2.99. The zero-order chi connectivity index (χ0) is 13.0. The molecule has 0 bridgehead atoms. The van der Waals surface area contributed by atoms with Crippen molar-refractivity contribution in [2.24, 2.45) is 0 Å². The third-order valence-corrected chi connectivity index (χ3v) is 5.01. The quantitative estimate of drug-likeness (QED) is 0.313. The number of aromatic hydroxyl groups is 1. The Kier molecular flexibility index (Phi) is 6.32. The fourth-order valence-electron chi connectivity index (χ4n) is 1.12. The maximum absolute atomic E-state index is 9.55. The van der Waals surface area contributed by atoms with Gasteiger partial charge in [0.25, 0.3) is 0 Å². The first-order valence-corrected chi connectivity index (χ1v) is 7.29. The van der Waals surface area contributed by atoms with Gasteiger partial charge in [0.1, 0.15) is 10.0 Å². The van der Waals surface area contributed by atoms with Crippen LogP contribution in [0.15, 0.2) is 17.0 Å². The van der Waals surface area contributed by atoms with Gasteiger partial charge in [0.05, 0.1) is 10.0 Å². The Hall–Kier alpha value is 0.270. The lowest BCUT2D eigenvalue weighted by molar-refractivity contribution is 0.475. The molecule has 0 aliphatic heterocycles. The van der Waals surface area contributed by atoms with Gasteiger partial charge < -0.3 is 5.11 Å². The molecule has 0 saturated carbocycles. The van der Waals surface area contributed by atoms with E-state index in [4.69, 9.17) is 46.4 Å². The molecule has 0 fully saturated rings. The molecule has 0 spiro atoms. The molecule has 1 aromatic rings. The molecule has 0 unspecified atom stereocenters. The van der Waals surface area contributed by atoms with E-state index >= 15 is 0 Å². The molecule has 0 aliphatic rings. The number of phenolic OH excluding ortho intramolecular Hbond substituents is 1. The summed E-state index contributed by atoms with van der Waals surface area (Å²) < 4.78 is 0. The summed E-state index contributed by atoms with van der Waals surface area (Å²) in [5.74, 6) is 0.530. The number of thioether (sulfide) groups is 1. The van der Waals surface area contributed by atoms with Crippen molar-refractivity contribution in [2.75, 3.05) is 5.75 Å². The second kappa shape index (κ2) is 7.01. The van der Waals surface area contributed by atoms with E-state index in [1.165, 1.54) is 11.8 Å². The number of benzene rings is 1. The molecule has 0 aromatic heterocycles. The molecule has 1 aromatic carbocycles. The van der Waals surface area contributed by atoms with E-state index in [2.05, 4.69) is 0 Å². The van der Waals surface area contributed by atoms with Crippen LogP contribution in [-0.4, -0.2) is 10.9 Å². The first-order chi connectivity index (χ1) is 8.00. The Bertz CT molecular complexity index is 417. The maximum atomic E-state index is 9.55. The summed E-state index contributed by atoms with van der Waals surface area (Å²) in [5.41, 5.74) is 0. The van der Waals surface area contributed by atoms with Crippen molar-refractivity contribution in [1.82, 2.24) is 0 Å². The summed E-state index contributed by atoms with van der Waals surface area (Å²) in [6.45, 7) is 1.96. The predicted molar refractivity (Wildman–Crippen MR) is 78.3 cm³/mol. The standard InChI is InChI=1S/C11H10Cl4OS/c1-2-3-4-5-17-11-8(14)6(12)10(16)7(13)9(11)15/h2-3,16H,4-5H2,1H3. The van der Waals surface area contributed by atoms with Crippen LogP contribution in [0.5, 0.6) is 5.75 Å². The molecule has 1 rings (SSSR count). The molecular weight excluding hydrogens is 322 g/mol. The van der Waals surface area contributed by atoms with Gasteiger partial charge in [-0.25, -0.2) is 0 Å². The lowest BCUT2D eigenvalue weighted by atomic mass is 10.3. The van der Waals surface area contributed by atoms with Gasteiger partial charge in [-0.2, -0.15) is 0 Å². The van der Waals surface area contributed by atoms with Crippen LogP contribution in [0.4, 0.5) is 0 Å². The normalized spacial score (nSPS) is 11.4. The lowest BCUT2D eigenvalue weighted by Crippen LogP contribution is -1.85. The molecule has 6 heteroatoms. The number of halogens is 4. The fourth-order valence-corrected chi connectivity index (χ4v) is 3.32. The number of hydrogen-bond donors (Lipinski definition) is 1. The van der Waals surface area contributed by atoms with E-state index in [1.54, 1.807) is 0 Å². The third-order valence-electron chi connectivity index (χ3n) is 1.97. The fraction of sp³-hybridized carbons (Fsp3) is 0.273. The summed E-state index contributed by atoms with van der Waals surface area (Å²) in [6, 6.07) is 0. The highest BCUT2D eigenvalue weighted by molar-refractivity contribution is 7.99. The monoisotopic (exact) mass is 330 g/mol. The average Bonchev–Trinajstić information content (AvgIpc) is 2.33. The molecule has 0 amide bonds. The molecule has 1 N–H and O–H groups in total. The van der Waals surface area contributed by atoms with Crippen LogP contribution in [0.3, 0.4) is 0 Å². The molecule has 0 heterocycles. The molecule has 17 heavy (non-hydrogen) atoms. The second-order valence-electron chi connectivity index (χ2n) is 3.14. The molecule has 0 saturated heterocycles. The largest absolute Gasteiger partial charge is 0.505 e. The van der Waals surface area contributed by atoms with Crippen molar-refractivity contribution in [1.29, 1.82) is 0 Å². The number of rotatable bonds is 4. The van der Waals surface area contributed by atoms with E-state index in [1.807, 2.05) is 19.1 Å². The van der Waals surface area contributed by atoms with Gasteiger partial charge in [-0.05, 0) is 13.3 Å². The van der Waals surface area contributed by atoms with E-state index in [-0.39, 0.29) is 25.8 Å². The number of phenols is 1. The number of hydrogen-bond acceptors (Lipinski definition) is 2. The molecule has 1 nitrogen and oxygen atoms in total. The number of allylic oxidation sites excluding steroid dienone is 2.